The number of thiazole rings is 1. The highest BCUT2D eigenvalue weighted by Crippen LogP contribution is 2.26. The molecule has 0 spiro atoms. The third-order valence-electron chi connectivity index (χ3n) is 2.50. The van der Waals surface area contributed by atoms with Crippen molar-refractivity contribution in [3.63, 3.8) is 0 Å². The van der Waals surface area contributed by atoms with Gasteiger partial charge in [-0.3, -0.25) is 5.43 Å². The van der Waals surface area contributed by atoms with E-state index in [1.807, 2.05) is 6.07 Å². The smallest absolute Gasteiger partial charge is 0.355 e. The van der Waals surface area contributed by atoms with Crippen molar-refractivity contribution in [3.05, 3.63) is 34.8 Å². The van der Waals surface area contributed by atoms with Gasteiger partial charge in [-0.15, -0.1) is 11.3 Å². The molecule has 8 heteroatoms. The minimum absolute atomic E-state index is 0.0104. The number of nitrogens with zero attached hydrogens (tertiary/aromatic N) is 2. The molecule has 0 aliphatic heterocycles. The molecule has 0 unspecified atom stereocenters. The van der Waals surface area contributed by atoms with Crippen LogP contribution in [0.2, 0.25) is 0 Å². The number of aromatic nitrogens is 1. The summed E-state index contributed by atoms with van der Waals surface area (Å²) in [5.41, 5.74) is 3.47. The average molecular weight is 307 g/mol. The molecule has 7 nitrogen and oxygen atoms in total. The molecule has 0 atom stereocenters. The summed E-state index contributed by atoms with van der Waals surface area (Å²) in [7, 11) is 3.12. The predicted octanol–water partition coefficient (Wildman–Crippen LogP) is 2.30. The molecule has 2 aromatic rings. The Kier molecular flexibility index (Phi) is 4.72. The molecule has 110 valence electrons. The van der Waals surface area contributed by atoms with E-state index in [1.165, 1.54) is 16.7 Å². The van der Waals surface area contributed by atoms with E-state index < -0.39 is 5.97 Å². The van der Waals surface area contributed by atoms with Crippen molar-refractivity contribution in [1.29, 1.82) is 0 Å². The number of carboxylic acids is 1. The van der Waals surface area contributed by atoms with E-state index in [1.54, 1.807) is 32.6 Å². The molecule has 0 saturated heterocycles. The predicted molar refractivity (Wildman–Crippen MR) is 79.8 cm³/mol. The van der Waals surface area contributed by atoms with Gasteiger partial charge in [-0.25, -0.2) is 9.78 Å². The van der Waals surface area contributed by atoms with Gasteiger partial charge in [0.05, 0.1) is 20.4 Å². The molecule has 0 bridgehead atoms. The molecule has 0 aliphatic carbocycles. The van der Waals surface area contributed by atoms with Crippen molar-refractivity contribution >= 4 is 28.7 Å². The van der Waals surface area contributed by atoms with Gasteiger partial charge in [0.15, 0.2) is 17.2 Å². The van der Waals surface area contributed by atoms with E-state index in [9.17, 15) is 4.79 Å². The average Bonchev–Trinajstić information content (AvgIpc) is 2.96. The summed E-state index contributed by atoms with van der Waals surface area (Å²) in [6, 6.07) is 5.36. The van der Waals surface area contributed by atoms with Crippen molar-refractivity contribution in [2.24, 2.45) is 5.10 Å². The topological polar surface area (TPSA) is 93.0 Å². The fourth-order valence-electron chi connectivity index (χ4n) is 1.52. The van der Waals surface area contributed by atoms with Crippen molar-refractivity contribution in [2.45, 2.75) is 0 Å². The zero-order valence-electron chi connectivity index (χ0n) is 11.4. The Bertz CT molecular complexity index is 669. The van der Waals surface area contributed by atoms with Gasteiger partial charge in [0.1, 0.15) is 0 Å². The summed E-state index contributed by atoms with van der Waals surface area (Å²) in [5, 5.41) is 14.6. The van der Waals surface area contributed by atoms with E-state index in [0.717, 1.165) is 5.56 Å². The van der Waals surface area contributed by atoms with Gasteiger partial charge in [0.2, 0.25) is 5.13 Å². The van der Waals surface area contributed by atoms with Crippen LogP contribution in [0.3, 0.4) is 0 Å². The summed E-state index contributed by atoms with van der Waals surface area (Å²) in [6.07, 6.45) is 1.57. The third-order valence-corrected chi connectivity index (χ3v) is 3.25. The van der Waals surface area contributed by atoms with Crippen LogP contribution in [0.15, 0.2) is 28.7 Å². The lowest BCUT2D eigenvalue weighted by Crippen LogP contribution is -1.97. The first-order valence-corrected chi connectivity index (χ1v) is 6.72. The minimum atomic E-state index is -1.07. The Labute approximate surface area is 124 Å². The number of ether oxygens (including phenoxy) is 2. The maximum atomic E-state index is 10.7. The highest BCUT2D eigenvalue weighted by atomic mass is 32.1. The van der Waals surface area contributed by atoms with E-state index in [4.69, 9.17) is 14.6 Å². The molecule has 1 heterocycles. The second kappa shape index (κ2) is 6.71. The molecule has 21 heavy (non-hydrogen) atoms. The van der Waals surface area contributed by atoms with Crippen LogP contribution < -0.4 is 14.9 Å². The van der Waals surface area contributed by atoms with Gasteiger partial charge in [0.25, 0.3) is 0 Å². The molecule has 0 fully saturated rings. The number of methoxy groups -OCH3 is 2. The SMILES string of the molecule is COc1ccc(C=NNc2nc(C(=O)O)cs2)cc1OC. The summed E-state index contributed by atoms with van der Waals surface area (Å²) in [5.74, 6) is 0.167. The number of carbonyl (C=O) groups is 1. The summed E-state index contributed by atoms with van der Waals surface area (Å²) in [4.78, 5) is 14.5. The fourth-order valence-corrected chi connectivity index (χ4v) is 2.15. The molecule has 0 aliphatic rings. The van der Waals surface area contributed by atoms with E-state index >= 15 is 0 Å². The van der Waals surface area contributed by atoms with Gasteiger partial charge < -0.3 is 14.6 Å². The van der Waals surface area contributed by atoms with Crippen LogP contribution in [0, 0.1) is 0 Å². The molecular formula is C13H13N3O4S. The lowest BCUT2D eigenvalue weighted by atomic mass is 10.2. The Balaban J connectivity index is 2.05. The Morgan fingerprint density at radius 3 is 2.76 bits per heavy atom. The highest BCUT2D eigenvalue weighted by molar-refractivity contribution is 7.13. The molecule has 2 N–H and O–H groups in total. The number of carboxylic acid groups (broad SMARTS) is 1. The van der Waals surface area contributed by atoms with Crippen LogP contribution in [0.1, 0.15) is 16.1 Å². The van der Waals surface area contributed by atoms with Crippen molar-refractivity contribution in [3.8, 4) is 11.5 Å². The maximum Gasteiger partial charge on any atom is 0.355 e. The monoisotopic (exact) mass is 307 g/mol. The third kappa shape index (κ3) is 3.69. The highest BCUT2D eigenvalue weighted by Gasteiger charge is 2.07. The normalized spacial score (nSPS) is 10.6. The van der Waals surface area contributed by atoms with E-state index in [0.29, 0.717) is 16.6 Å². The quantitative estimate of drug-likeness (QED) is 0.628. The Morgan fingerprint density at radius 1 is 1.38 bits per heavy atom. The number of hydrazone groups is 1. The molecule has 1 aromatic carbocycles. The number of rotatable bonds is 6. The first-order chi connectivity index (χ1) is 10.1. The molecule has 0 saturated carbocycles. The molecule has 1 aromatic heterocycles. The summed E-state index contributed by atoms with van der Waals surface area (Å²) >= 11 is 1.17. The molecule has 0 radical (unpaired) electrons. The second-order valence-corrected chi connectivity index (χ2v) is 4.69. The number of hydrogen-bond acceptors (Lipinski definition) is 7. The number of nitrogens with one attached hydrogen (secondary N) is 1. The Hall–Kier alpha value is -2.61. The van der Waals surface area contributed by atoms with Crippen LogP contribution in [-0.4, -0.2) is 36.5 Å². The van der Waals surface area contributed by atoms with Crippen molar-refractivity contribution in [2.75, 3.05) is 19.6 Å². The van der Waals surface area contributed by atoms with E-state index in [-0.39, 0.29) is 5.69 Å². The van der Waals surface area contributed by atoms with Gasteiger partial charge in [-0.2, -0.15) is 5.10 Å². The molecule has 0 amide bonds. The van der Waals surface area contributed by atoms with Gasteiger partial charge in [0, 0.05) is 5.38 Å². The van der Waals surface area contributed by atoms with Crippen LogP contribution in [0.25, 0.3) is 0 Å². The first-order valence-electron chi connectivity index (χ1n) is 5.84. The number of hydrogen-bond donors (Lipinski definition) is 2. The van der Waals surface area contributed by atoms with Crippen molar-refractivity contribution in [1.82, 2.24) is 4.98 Å². The maximum absolute atomic E-state index is 10.7. The standard InChI is InChI=1S/C13H13N3O4S/c1-19-10-4-3-8(5-11(10)20-2)6-14-16-13-15-9(7-21-13)12(17)18/h3-7H,1-2H3,(H,15,16)(H,17,18). The van der Waals surface area contributed by atoms with Gasteiger partial charge >= 0.3 is 5.97 Å². The Morgan fingerprint density at radius 2 is 2.14 bits per heavy atom. The lowest BCUT2D eigenvalue weighted by Gasteiger charge is -2.07. The zero-order chi connectivity index (χ0) is 15.2. The molecular weight excluding hydrogens is 294 g/mol. The number of benzene rings is 1. The number of anilines is 1. The van der Waals surface area contributed by atoms with Crippen LogP contribution >= 0.6 is 11.3 Å². The first kappa shape index (κ1) is 14.8. The minimum Gasteiger partial charge on any atom is -0.493 e. The van der Waals surface area contributed by atoms with Crippen molar-refractivity contribution < 1.29 is 19.4 Å². The molecule has 2 rings (SSSR count). The fraction of sp³-hybridized carbons (Fsp3) is 0.154. The van der Waals surface area contributed by atoms with Crippen LogP contribution in [0.5, 0.6) is 11.5 Å². The zero-order valence-corrected chi connectivity index (χ0v) is 12.2. The van der Waals surface area contributed by atoms with Gasteiger partial charge in [-0.05, 0) is 23.8 Å². The van der Waals surface area contributed by atoms with E-state index in [2.05, 4.69) is 15.5 Å². The number of aromatic carboxylic acids is 1. The summed E-state index contributed by atoms with van der Waals surface area (Å²) < 4.78 is 10.3. The largest absolute Gasteiger partial charge is 0.493 e. The second-order valence-electron chi connectivity index (χ2n) is 3.83. The van der Waals surface area contributed by atoms with Crippen LogP contribution in [-0.2, 0) is 0 Å². The summed E-state index contributed by atoms with van der Waals surface area (Å²) in [6.45, 7) is 0. The van der Waals surface area contributed by atoms with Gasteiger partial charge in [-0.1, -0.05) is 0 Å². The van der Waals surface area contributed by atoms with Crippen LogP contribution in [0.4, 0.5) is 5.13 Å². The lowest BCUT2D eigenvalue weighted by molar-refractivity contribution is 0.0691.